The highest BCUT2D eigenvalue weighted by molar-refractivity contribution is 6.30. The quantitative estimate of drug-likeness (QED) is 0.798. The Morgan fingerprint density at radius 3 is 2.56 bits per heavy atom. The zero-order valence-electron chi connectivity index (χ0n) is 11.1. The van der Waals surface area contributed by atoms with Gasteiger partial charge in [-0.1, -0.05) is 18.5 Å². The van der Waals surface area contributed by atoms with Crippen LogP contribution in [0.2, 0.25) is 5.15 Å². The molecule has 0 aliphatic rings. The molecule has 5 heteroatoms. The van der Waals surface area contributed by atoms with Crippen molar-refractivity contribution in [3.05, 3.63) is 28.8 Å². The molecule has 0 unspecified atom stereocenters. The maximum atomic E-state index is 6.18. The molecule has 18 heavy (non-hydrogen) atoms. The largest absolute Gasteiger partial charge is 0.270 e. The second kappa shape index (κ2) is 5.06. The summed E-state index contributed by atoms with van der Waals surface area (Å²) in [5, 5.41) is 4.83. The van der Waals surface area contributed by atoms with Gasteiger partial charge in [0, 0.05) is 23.5 Å². The van der Waals surface area contributed by atoms with E-state index >= 15 is 0 Å². The first-order valence-electron chi connectivity index (χ1n) is 6.10. The number of nitrogens with zero attached hydrogens (tertiary/aromatic N) is 4. The normalized spacial score (nSPS) is 11.2. The van der Waals surface area contributed by atoms with E-state index in [0.29, 0.717) is 17.0 Å². The Bertz CT molecular complexity index is 537. The lowest BCUT2D eigenvalue weighted by Gasteiger charge is -2.06. The number of aromatic nitrogens is 4. The van der Waals surface area contributed by atoms with Crippen molar-refractivity contribution in [3.63, 3.8) is 0 Å². The highest BCUT2D eigenvalue weighted by atomic mass is 35.5. The lowest BCUT2D eigenvalue weighted by Crippen LogP contribution is -2.00. The van der Waals surface area contributed by atoms with Gasteiger partial charge in [0.15, 0.2) is 5.82 Å². The predicted octanol–water partition coefficient (Wildman–Crippen LogP) is 3.45. The fourth-order valence-electron chi connectivity index (χ4n) is 1.83. The molecule has 0 saturated heterocycles. The molecule has 0 bridgehead atoms. The van der Waals surface area contributed by atoms with Crippen molar-refractivity contribution in [1.82, 2.24) is 19.7 Å². The molecule has 0 radical (unpaired) electrons. The van der Waals surface area contributed by atoms with E-state index in [1.807, 2.05) is 24.7 Å². The highest BCUT2D eigenvalue weighted by Crippen LogP contribution is 2.22. The van der Waals surface area contributed by atoms with Crippen LogP contribution in [0.4, 0.5) is 0 Å². The van der Waals surface area contributed by atoms with Crippen LogP contribution in [0.15, 0.2) is 12.4 Å². The summed E-state index contributed by atoms with van der Waals surface area (Å²) in [6.45, 7) is 8.17. The Hall–Kier alpha value is -1.42. The van der Waals surface area contributed by atoms with E-state index in [9.17, 15) is 0 Å². The smallest absolute Gasteiger partial charge is 0.164 e. The van der Waals surface area contributed by atoms with Gasteiger partial charge in [-0.3, -0.25) is 4.68 Å². The van der Waals surface area contributed by atoms with E-state index in [1.54, 1.807) is 6.20 Å². The molecular formula is C13H17ClN4. The summed E-state index contributed by atoms with van der Waals surface area (Å²) in [4.78, 5) is 8.85. The molecule has 2 rings (SSSR count). The number of hydrogen-bond donors (Lipinski definition) is 0. The third kappa shape index (κ3) is 2.38. The molecule has 0 amide bonds. The van der Waals surface area contributed by atoms with E-state index in [1.165, 1.54) is 0 Å². The molecule has 0 fully saturated rings. The summed E-state index contributed by atoms with van der Waals surface area (Å²) in [5.41, 5.74) is 2.85. The predicted molar refractivity (Wildman–Crippen MR) is 72.8 cm³/mol. The standard InChI is InChI=1S/C13H17ClN4/c1-5-11-9(4)16-13(17-12(11)14)10-6-15-18(7-10)8(2)3/h6-8H,5H2,1-4H3. The summed E-state index contributed by atoms with van der Waals surface area (Å²) in [6.07, 6.45) is 4.56. The van der Waals surface area contributed by atoms with E-state index in [4.69, 9.17) is 11.6 Å². The van der Waals surface area contributed by atoms with Crippen LogP contribution in [-0.2, 0) is 6.42 Å². The topological polar surface area (TPSA) is 43.6 Å². The Balaban J connectivity index is 2.44. The molecule has 0 saturated carbocycles. The van der Waals surface area contributed by atoms with Gasteiger partial charge >= 0.3 is 0 Å². The molecule has 2 heterocycles. The molecule has 96 valence electrons. The maximum absolute atomic E-state index is 6.18. The van der Waals surface area contributed by atoms with E-state index in [0.717, 1.165) is 23.2 Å². The Morgan fingerprint density at radius 1 is 1.33 bits per heavy atom. The number of aryl methyl sites for hydroxylation is 1. The number of rotatable bonds is 3. The van der Waals surface area contributed by atoms with Crippen molar-refractivity contribution in [2.24, 2.45) is 0 Å². The van der Waals surface area contributed by atoms with Crippen LogP contribution >= 0.6 is 11.6 Å². The minimum Gasteiger partial charge on any atom is -0.270 e. The molecule has 2 aromatic rings. The first-order valence-corrected chi connectivity index (χ1v) is 6.48. The van der Waals surface area contributed by atoms with Crippen LogP contribution in [0.1, 0.15) is 38.1 Å². The minimum atomic E-state index is 0.324. The first-order chi connectivity index (χ1) is 8.52. The average molecular weight is 265 g/mol. The summed E-state index contributed by atoms with van der Waals surface area (Å²) >= 11 is 6.18. The van der Waals surface area contributed by atoms with Crippen molar-refractivity contribution in [2.75, 3.05) is 0 Å². The van der Waals surface area contributed by atoms with Crippen molar-refractivity contribution in [1.29, 1.82) is 0 Å². The van der Waals surface area contributed by atoms with Crippen molar-refractivity contribution >= 4 is 11.6 Å². The summed E-state index contributed by atoms with van der Waals surface area (Å²) in [5.74, 6) is 0.640. The Labute approximate surface area is 112 Å². The van der Waals surface area contributed by atoms with Gasteiger partial charge in [0.1, 0.15) is 5.15 Å². The van der Waals surface area contributed by atoms with E-state index < -0.39 is 0 Å². The molecular weight excluding hydrogens is 248 g/mol. The molecule has 0 aromatic carbocycles. The van der Waals surface area contributed by atoms with Crippen LogP contribution in [-0.4, -0.2) is 19.7 Å². The van der Waals surface area contributed by atoms with Gasteiger partial charge in [0.2, 0.25) is 0 Å². The summed E-state index contributed by atoms with van der Waals surface area (Å²) < 4.78 is 1.88. The lowest BCUT2D eigenvalue weighted by atomic mass is 10.2. The zero-order chi connectivity index (χ0) is 13.3. The molecule has 0 aliphatic carbocycles. The molecule has 0 atom stereocenters. The van der Waals surface area contributed by atoms with Gasteiger partial charge in [-0.25, -0.2) is 9.97 Å². The monoisotopic (exact) mass is 264 g/mol. The van der Waals surface area contributed by atoms with E-state index in [2.05, 4.69) is 28.9 Å². The van der Waals surface area contributed by atoms with E-state index in [-0.39, 0.29) is 0 Å². The van der Waals surface area contributed by atoms with Gasteiger partial charge in [-0.05, 0) is 27.2 Å². The van der Waals surface area contributed by atoms with Gasteiger partial charge < -0.3 is 0 Å². The van der Waals surface area contributed by atoms with Gasteiger partial charge in [-0.2, -0.15) is 5.10 Å². The zero-order valence-corrected chi connectivity index (χ0v) is 11.9. The van der Waals surface area contributed by atoms with Crippen LogP contribution in [0, 0.1) is 6.92 Å². The van der Waals surface area contributed by atoms with Crippen LogP contribution in [0.3, 0.4) is 0 Å². The third-order valence-electron chi connectivity index (χ3n) is 2.91. The van der Waals surface area contributed by atoms with Crippen molar-refractivity contribution in [2.45, 2.75) is 40.2 Å². The third-order valence-corrected chi connectivity index (χ3v) is 3.22. The minimum absolute atomic E-state index is 0.324. The average Bonchev–Trinajstić information content (AvgIpc) is 2.77. The van der Waals surface area contributed by atoms with Crippen LogP contribution in [0.5, 0.6) is 0 Å². The molecule has 0 spiro atoms. The second-order valence-corrected chi connectivity index (χ2v) is 4.92. The van der Waals surface area contributed by atoms with Gasteiger partial charge in [0.05, 0.1) is 11.8 Å². The van der Waals surface area contributed by atoms with Gasteiger partial charge in [-0.15, -0.1) is 0 Å². The first kappa shape index (κ1) is 13.0. The lowest BCUT2D eigenvalue weighted by molar-refractivity contribution is 0.532. The SMILES string of the molecule is CCc1c(C)nc(-c2cnn(C(C)C)c2)nc1Cl. The molecule has 4 nitrogen and oxygen atoms in total. The fraction of sp³-hybridized carbons (Fsp3) is 0.462. The molecule has 0 N–H and O–H groups in total. The summed E-state index contributed by atoms with van der Waals surface area (Å²) in [7, 11) is 0. The van der Waals surface area contributed by atoms with Crippen LogP contribution < -0.4 is 0 Å². The summed E-state index contributed by atoms with van der Waals surface area (Å²) in [6, 6.07) is 0.324. The van der Waals surface area contributed by atoms with Crippen molar-refractivity contribution < 1.29 is 0 Å². The maximum Gasteiger partial charge on any atom is 0.164 e. The second-order valence-electron chi connectivity index (χ2n) is 4.56. The molecule has 2 aromatic heterocycles. The number of halogens is 1. The Morgan fingerprint density at radius 2 is 2.06 bits per heavy atom. The number of hydrogen-bond acceptors (Lipinski definition) is 3. The van der Waals surface area contributed by atoms with Crippen molar-refractivity contribution in [3.8, 4) is 11.4 Å². The molecule has 0 aliphatic heterocycles. The fourth-order valence-corrected chi connectivity index (χ4v) is 2.18. The highest BCUT2D eigenvalue weighted by Gasteiger charge is 2.12. The van der Waals surface area contributed by atoms with Gasteiger partial charge in [0.25, 0.3) is 0 Å². The van der Waals surface area contributed by atoms with Crippen LogP contribution in [0.25, 0.3) is 11.4 Å². The Kier molecular flexibility index (Phi) is 3.66.